The highest BCUT2D eigenvalue weighted by molar-refractivity contribution is 6.45. The van der Waals surface area contributed by atoms with Crippen LogP contribution < -0.4 is 5.01 Å². The van der Waals surface area contributed by atoms with Crippen molar-refractivity contribution in [1.29, 1.82) is 5.26 Å². The maximum Gasteiger partial charge on any atom is 0.288 e. The van der Waals surface area contributed by atoms with E-state index < -0.39 is 12.3 Å². The van der Waals surface area contributed by atoms with Crippen LogP contribution in [0.4, 0.5) is 5.69 Å². The van der Waals surface area contributed by atoms with Crippen LogP contribution in [0.15, 0.2) is 29.4 Å². The van der Waals surface area contributed by atoms with Crippen LogP contribution in [-0.4, -0.2) is 49.7 Å². The van der Waals surface area contributed by atoms with E-state index in [1.54, 1.807) is 31.4 Å². The van der Waals surface area contributed by atoms with E-state index in [0.29, 0.717) is 23.9 Å². The molecule has 0 bridgehead atoms. The fourth-order valence-corrected chi connectivity index (χ4v) is 2.25. The summed E-state index contributed by atoms with van der Waals surface area (Å²) in [6, 6.07) is 8.73. The molecule has 7 nitrogen and oxygen atoms in total. The lowest BCUT2D eigenvalue weighted by Gasteiger charge is -2.39. The minimum absolute atomic E-state index is 0.202. The van der Waals surface area contributed by atoms with Crippen molar-refractivity contribution < 1.29 is 14.3 Å². The lowest BCUT2D eigenvalue weighted by molar-refractivity contribution is -0.141. The highest BCUT2D eigenvalue weighted by Crippen LogP contribution is 2.25. The molecule has 0 saturated heterocycles. The van der Waals surface area contributed by atoms with Gasteiger partial charge in [-0.1, -0.05) is 11.6 Å². The summed E-state index contributed by atoms with van der Waals surface area (Å²) in [6.07, 6.45) is -0.749. The van der Waals surface area contributed by atoms with Crippen molar-refractivity contribution in [3.8, 4) is 6.07 Å². The standard InChI is InChI=1S/C15H17ClN4O3/c1-3-23-15-19(8-9-22-2)14(21)13(10-17)18-20(15)12-6-4-11(16)5-7-12/h4-7,15H,3,8-9H2,1-2H3. The van der Waals surface area contributed by atoms with E-state index in [0.717, 1.165) is 0 Å². The molecule has 23 heavy (non-hydrogen) atoms. The number of hydrogen-bond donors (Lipinski definition) is 0. The van der Waals surface area contributed by atoms with Crippen LogP contribution in [0.2, 0.25) is 5.02 Å². The van der Waals surface area contributed by atoms with Crippen LogP contribution in [0.3, 0.4) is 0 Å². The van der Waals surface area contributed by atoms with Gasteiger partial charge in [-0.05, 0) is 31.2 Å². The Balaban J connectivity index is 2.43. The van der Waals surface area contributed by atoms with Crippen LogP contribution in [0.1, 0.15) is 6.92 Å². The van der Waals surface area contributed by atoms with Gasteiger partial charge in [0.2, 0.25) is 12.1 Å². The Hall–Kier alpha value is -2.14. The fourth-order valence-electron chi connectivity index (χ4n) is 2.13. The normalized spacial score (nSPS) is 17.9. The minimum atomic E-state index is -0.749. The molecule has 1 aromatic carbocycles. The van der Waals surface area contributed by atoms with Crippen LogP contribution in [0, 0.1) is 11.3 Å². The van der Waals surface area contributed by atoms with E-state index in [2.05, 4.69) is 5.10 Å². The summed E-state index contributed by atoms with van der Waals surface area (Å²) >= 11 is 5.91. The van der Waals surface area contributed by atoms with E-state index in [9.17, 15) is 10.1 Å². The van der Waals surface area contributed by atoms with Gasteiger partial charge in [0.15, 0.2) is 0 Å². The summed E-state index contributed by atoms with van der Waals surface area (Å²) in [5.74, 6) is -0.479. The minimum Gasteiger partial charge on any atom is -0.383 e. The van der Waals surface area contributed by atoms with Gasteiger partial charge in [0.1, 0.15) is 6.07 Å². The van der Waals surface area contributed by atoms with Crippen molar-refractivity contribution in [2.75, 3.05) is 31.9 Å². The Morgan fingerprint density at radius 1 is 1.39 bits per heavy atom. The molecule has 0 aliphatic carbocycles. The predicted molar refractivity (Wildman–Crippen MR) is 86.0 cm³/mol. The Bertz CT molecular complexity index is 627. The maximum absolute atomic E-state index is 12.4. The SMILES string of the molecule is CCOC1N(CCOC)C(=O)C(C#N)=NN1c1ccc(Cl)cc1. The van der Waals surface area contributed by atoms with E-state index in [4.69, 9.17) is 21.1 Å². The number of halogens is 1. The second kappa shape index (κ2) is 7.92. The number of carbonyl (C=O) groups excluding carboxylic acids is 1. The molecule has 0 spiro atoms. The molecular formula is C15H17ClN4O3. The summed E-state index contributed by atoms with van der Waals surface area (Å²) in [5, 5.41) is 15.4. The zero-order valence-electron chi connectivity index (χ0n) is 12.9. The smallest absolute Gasteiger partial charge is 0.288 e. The molecule has 1 aliphatic rings. The molecule has 1 aromatic rings. The number of benzene rings is 1. The summed E-state index contributed by atoms with van der Waals surface area (Å²) < 4.78 is 10.7. The number of anilines is 1. The highest BCUT2D eigenvalue weighted by Gasteiger charge is 2.37. The van der Waals surface area contributed by atoms with Gasteiger partial charge >= 0.3 is 0 Å². The van der Waals surface area contributed by atoms with E-state index in [1.165, 1.54) is 9.91 Å². The Labute approximate surface area is 139 Å². The lowest BCUT2D eigenvalue weighted by Crippen LogP contribution is -2.57. The summed E-state index contributed by atoms with van der Waals surface area (Å²) in [4.78, 5) is 13.8. The number of methoxy groups -OCH3 is 1. The molecule has 1 unspecified atom stereocenters. The van der Waals surface area contributed by atoms with Gasteiger partial charge in [-0.25, -0.2) is 5.01 Å². The van der Waals surface area contributed by atoms with Gasteiger partial charge in [0.25, 0.3) is 5.91 Å². The molecule has 0 saturated carbocycles. The van der Waals surface area contributed by atoms with Crippen molar-refractivity contribution in [3.63, 3.8) is 0 Å². The molecule has 0 radical (unpaired) electrons. The molecule has 0 aromatic heterocycles. The second-order valence-electron chi connectivity index (χ2n) is 4.65. The molecule has 0 fully saturated rings. The highest BCUT2D eigenvalue weighted by atomic mass is 35.5. The summed E-state index contributed by atoms with van der Waals surface area (Å²) in [5.41, 5.74) is 0.461. The number of rotatable bonds is 6. The van der Waals surface area contributed by atoms with Crippen LogP contribution >= 0.6 is 11.6 Å². The number of hydrogen-bond acceptors (Lipinski definition) is 6. The van der Waals surface area contributed by atoms with E-state index in [1.807, 2.05) is 13.0 Å². The first-order valence-electron chi connectivity index (χ1n) is 7.07. The average Bonchev–Trinajstić information content (AvgIpc) is 2.56. The first-order chi connectivity index (χ1) is 11.1. The number of carbonyl (C=O) groups is 1. The van der Waals surface area contributed by atoms with Gasteiger partial charge in [-0.3, -0.25) is 9.69 Å². The van der Waals surface area contributed by atoms with Crippen LogP contribution in [0.5, 0.6) is 0 Å². The number of amides is 1. The van der Waals surface area contributed by atoms with Gasteiger partial charge in [0.05, 0.1) is 12.3 Å². The molecule has 1 amide bonds. The molecule has 122 valence electrons. The average molecular weight is 337 g/mol. The van der Waals surface area contributed by atoms with E-state index in [-0.39, 0.29) is 12.3 Å². The van der Waals surface area contributed by atoms with Crippen molar-refractivity contribution in [3.05, 3.63) is 29.3 Å². The first kappa shape index (κ1) is 17.2. The van der Waals surface area contributed by atoms with Gasteiger partial charge in [-0.2, -0.15) is 10.4 Å². The molecule has 0 N–H and O–H groups in total. The number of nitriles is 1. The van der Waals surface area contributed by atoms with Crippen molar-refractivity contribution >= 4 is 28.9 Å². The molecule has 1 atom stereocenters. The van der Waals surface area contributed by atoms with Crippen molar-refractivity contribution in [2.45, 2.75) is 13.3 Å². The predicted octanol–water partition coefficient (Wildman–Crippen LogP) is 1.83. The number of ether oxygens (including phenoxy) is 2. The Morgan fingerprint density at radius 2 is 2.09 bits per heavy atom. The largest absolute Gasteiger partial charge is 0.383 e. The lowest BCUT2D eigenvalue weighted by atomic mass is 10.2. The van der Waals surface area contributed by atoms with Crippen molar-refractivity contribution in [1.82, 2.24) is 4.90 Å². The number of hydrazone groups is 1. The Morgan fingerprint density at radius 3 is 2.65 bits per heavy atom. The molecule has 1 heterocycles. The first-order valence-corrected chi connectivity index (χ1v) is 7.45. The zero-order chi connectivity index (χ0) is 16.8. The summed E-state index contributed by atoms with van der Waals surface area (Å²) in [7, 11) is 1.54. The quantitative estimate of drug-likeness (QED) is 0.792. The van der Waals surface area contributed by atoms with Crippen LogP contribution in [-0.2, 0) is 14.3 Å². The van der Waals surface area contributed by atoms with Crippen LogP contribution in [0.25, 0.3) is 0 Å². The molecule has 1 aliphatic heterocycles. The second-order valence-corrected chi connectivity index (χ2v) is 5.09. The molecule has 2 rings (SSSR count). The monoisotopic (exact) mass is 336 g/mol. The summed E-state index contributed by atoms with van der Waals surface area (Å²) in [6.45, 7) is 2.80. The zero-order valence-corrected chi connectivity index (χ0v) is 13.7. The Kier molecular flexibility index (Phi) is 5.93. The topological polar surface area (TPSA) is 78.2 Å². The molecular weight excluding hydrogens is 320 g/mol. The number of nitrogens with zero attached hydrogens (tertiary/aromatic N) is 4. The third kappa shape index (κ3) is 3.79. The molecule has 8 heteroatoms. The van der Waals surface area contributed by atoms with Crippen molar-refractivity contribution in [2.24, 2.45) is 5.10 Å². The van der Waals surface area contributed by atoms with Gasteiger partial charge in [0, 0.05) is 25.3 Å². The third-order valence-corrected chi connectivity index (χ3v) is 3.45. The van der Waals surface area contributed by atoms with Gasteiger partial charge < -0.3 is 9.47 Å². The van der Waals surface area contributed by atoms with E-state index >= 15 is 0 Å². The third-order valence-electron chi connectivity index (χ3n) is 3.20. The maximum atomic E-state index is 12.4. The fraction of sp³-hybridized carbons (Fsp3) is 0.400. The van der Waals surface area contributed by atoms with Gasteiger partial charge in [-0.15, -0.1) is 0 Å².